The quantitative estimate of drug-likeness (QED) is 0.185. The Morgan fingerprint density at radius 2 is 1.66 bits per heavy atom. The molecule has 0 amide bonds. The molecule has 0 aliphatic rings. The number of aromatic nitrogens is 5. The second-order valence-corrected chi connectivity index (χ2v) is 12.9. The van der Waals surface area contributed by atoms with E-state index in [-0.39, 0.29) is 44.0 Å². The normalized spacial score (nSPS) is 12.3. The van der Waals surface area contributed by atoms with Crippen molar-refractivity contribution in [2.75, 3.05) is 5.73 Å². The third-order valence-corrected chi connectivity index (χ3v) is 9.72. The second-order valence-electron chi connectivity index (χ2n) is 11.1. The van der Waals surface area contributed by atoms with Crippen LogP contribution in [0.5, 0.6) is 0 Å². The van der Waals surface area contributed by atoms with Crippen LogP contribution in [0.4, 0.5) is 19.0 Å². The molecule has 7 aromatic rings. The van der Waals surface area contributed by atoms with E-state index in [0.717, 1.165) is 21.1 Å². The lowest BCUT2D eigenvalue weighted by molar-refractivity contribution is -0.137. The number of aromatic amines is 1. The van der Waals surface area contributed by atoms with Crippen LogP contribution in [0.25, 0.3) is 38.8 Å². The number of nitrogens with zero attached hydrogens (tertiary/aromatic N) is 4. The summed E-state index contributed by atoms with van der Waals surface area (Å²) in [6.07, 6.45) is -3.37. The van der Waals surface area contributed by atoms with Crippen molar-refractivity contribution in [3.05, 3.63) is 125 Å². The summed E-state index contributed by atoms with van der Waals surface area (Å²) in [6, 6.07) is 22.1. The van der Waals surface area contributed by atoms with E-state index in [1.807, 2.05) is 13.8 Å². The maximum absolute atomic E-state index is 14.2. The van der Waals surface area contributed by atoms with Gasteiger partial charge in [0.2, 0.25) is 5.78 Å². The first-order valence-electron chi connectivity index (χ1n) is 14.3. The zero-order valence-electron chi connectivity index (χ0n) is 24.9. The number of nitrogens with two attached hydrogens (primary N) is 1. The Morgan fingerprint density at radius 1 is 0.915 bits per heavy atom. The number of aryl methyl sites for hydroxylation is 2. The predicted octanol–water partition coefficient (Wildman–Crippen LogP) is 7.06. The first kappa shape index (κ1) is 30.0. The summed E-state index contributed by atoms with van der Waals surface area (Å²) < 4.78 is 72.2. The largest absolute Gasteiger partial charge is 0.417 e. The van der Waals surface area contributed by atoms with Gasteiger partial charge in [-0.15, -0.1) is 0 Å². The van der Waals surface area contributed by atoms with Crippen LogP contribution in [0.1, 0.15) is 33.0 Å². The number of alkyl halides is 3. The molecule has 0 radical (unpaired) electrons. The van der Waals surface area contributed by atoms with Crippen molar-refractivity contribution in [1.82, 2.24) is 23.7 Å². The lowest BCUT2D eigenvalue weighted by Crippen LogP contribution is -2.19. The Balaban J connectivity index is 1.40. The van der Waals surface area contributed by atoms with Crippen LogP contribution in [-0.4, -0.2) is 37.9 Å². The molecular weight excluding hydrogens is 629 g/mol. The van der Waals surface area contributed by atoms with Gasteiger partial charge in [-0.2, -0.15) is 18.3 Å². The first-order valence-corrected chi connectivity index (χ1v) is 15.8. The SMILES string of the molecule is Cc1ccc(S(=O)(=O)n2c(C(=O)c3cnn(-c4ccc5[nH]c(C)nc5c4)c3N)cc3cc(-c4ccccc4C(F)(F)F)ccc32)cc1. The zero-order valence-corrected chi connectivity index (χ0v) is 25.7. The van der Waals surface area contributed by atoms with Gasteiger partial charge in [-0.3, -0.25) is 4.79 Å². The van der Waals surface area contributed by atoms with Crippen molar-refractivity contribution in [2.24, 2.45) is 0 Å². The number of halogens is 3. The monoisotopic (exact) mass is 654 g/mol. The van der Waals surface area contributed by atoms with Crippen molar-refractivity contribution < 1.29 is 26.4 Å². The van der Waals surface area contributed by atoms with E-state index in [0.29, 0.717) is 17.0 Å². The molecule has 0 aliphatic heterocycles. The van der Waals surface area contributed by atoms with Crippen molar-refractivity contribution in [1.29, 1.82) is 0 Å². The molecule has 0 spiro atoms. The second kappa shape index (κ2) is 10.7. The molecule has 3 aromatic heterocycles. The number of imidazole rings is 1. The fraction of sp³-hybridized carbons (Fsp3) is 0.0882. The van der Waals surface area contributed by atoms with Gasteiger partial charge in [0.1, 0.15) is 17.3 Å². The van der Waals surface area contributed by atoms with Gasteiger partial charge in [0.15, 0.2) is 0 Å². The summed E-state index contributed by atoms with van der Waals surface area (Å²) in [5, 5.41) is 4.55. The van der Waals surface area contributed by atoms with Crippen LogP contribution in [0.2, 0.25) is 0 Å². The number of carbonyl (C=O) groups excluding carboxylic acids is 1. The summed E-state index contributed by atoms with van der Waals surface area (Å²) in [4.78, 5) is 21.7. The van der Waals surface area contributed by atoms with Crippen LogP contribution in [0.15, 0.2) is 102 Å². The lowest BCUT2D eigenvalue weighted by atomic mass is 9.98. The number of hydrogen-bond donors (Lipinski definition) is 2. The molecule has 0 unspecified atom stereocenters. The van der Waals surface area contributed by atoms with E-state index in [2.05, 4.69) is 15.1 Å². The highest BCUT2D eigenvalue weighted by Crippen LogP contribution is 2.39. The highest BCUT2D eigenvalue weighted by Gasteiger charge is 2.34. The molecule has 3 heterocycles. The number of anilines is 1. The van der Waals surface area contributed by atoms with Crippen LogP contribution in [0.3, 0.4) is 0 Å². The Morgan fingerprint density at radius 3 is 2.40 bits per heavy atom. The number of hydrogen-bond acceptors (Lipinski definition) is 6. The smallest absolute Gasteiger partial charge is 0.383 e. The number of ketones is 1. The fourth-order valence-corrected chi connectivity index (χ4v) is 7.21. The van der Waals surface area contributed by atoms with E-state index >= 15 is 0 Å². The van der Waals surface area contributed by atoms with Gasteiger partial charge < -0.3 is 10.7 Å². The van der Waals surface area contributed by atoms with Gasteiger partial charge in [0.25, 0.3) is 10.0 Å². The Bertz CT molecular complexity index is 2480. The molecule has 0 saturated carbocycles. The van der Waals surface area contributed by atoms with Gasteiger partial charge in [-0.25, -0.2) is 22.1 Å². The summed E-state index contributed by atoms with van der Waals surface area (Å²) in [6.45, 7) is 3.63. The molecule has 9 nitrogen and oxygen atoms in total. The molecule has 47 heavy (non-hydrogen) atoms. The van der Waals surface area contributed by atoms with E-state index in [4.69, 9.17) is 5.73 Å². The van der Waals surface area contributed by atoms with Gasteiger partial charge in [-0.1, -0.05) is 42.0 Å². The Kier molecular flexibility index (Phi) is 6.83. The van der Waals surface area contributed by atoms with Crippen molar-refractivity contribution in [3.8, 4) is 16.8 Å². The Hall–Kier alpha value is -5.69. The Labute approximate surface area is 266 Å². The number of H-pyrrole nitrogens is 1. The highest BCUT2D eigenvalue weighted by atomic mass is 32.2. The molecule has 4 aromatic carbocycles. The highest BCUT2D eigenvalue weighted by molar-refractivity contribution is 7.90. The van der Waals surface area contributed by atoms with Crippen LogP contribution < -0.4 is 5.73 Å². The molecule has 0 atom stereocenters. The number of nitrogen functional groups attached to an aromatic ring is 1. The average Bonchev–Trinajstić information content (AvgIpc) is 3.73. The van der Waals surface area contributed by atoms with Gasteiger partial charge in [-0.05, 0) is 79.6 Å². The zero-order chi connectivity index (χ0) is 33.2. The number of carbonyl (C=O) groups is 1. The number of fused-ring (bicyclic) bond motifs is 2. The van der Waals surface area contributed by atoms with Gasteiger partial charge in [0, 0.05) is 5.39 Å². The lowest BCUT2D eigenvalue weighted by Gasteiger charge is -2.14. The minimum Gasteiger partial charge on any atom is -0.383 e. The van der Waals surface area contributed by atoms with Crippen molar-refractivity contribution in [3.63, 3.8) is 0 Å². The molecular formula is C34H25F3N6O3S. The maximum atomic E-state index is 14.2. The van der Waals surface area contributed by atoms with E-state index in [1.54, 1.807) is 30.3 Å². The summed E-state index contributed by atoms with van der Waals surface area (Å²) in [5.74, 6) is -0.0605. The maximum Gasteiger partial charge on any atom is 0.417 e. The molecule has 13 heteroatoms. The third-order valence-electron chi connectivity index (χ3n) is 7.97. The van der Waals surface area contributed by atoms with Crippen molar-refractivity contribution in [2.45, 2.75) is 24.9 Å². The molecule has 0 aliphatic carbocycles. The number of benzene rings is 4. The van der Waals surface area contributed by atoms with Gasteiger partial charge in [0.05, 0.1) is 44.5 Å². The van der Waals surface area contributed by atoms with E-state index in [9.17, 15) is 26.4 Å². The molecule has 0 saturated heterocycles. The summed E-state index contributed by atoms with van der Waals surface area (Å²) in [5.41, 5.74) is 8.33. The van der Waals surface area contributed by atoms with Crippen LogP contribution >= 0.6 is 0 Å². The first-order chi connectivity index (χ1) is 22.3. The van der Waals surface area contributed by atoms with Crippen molar-refractivity contribution >= 4 is 43.6 Å². The molecule has 0 fully saturated rings. The number of nitrogens with one attached hydrogen (secondary N) is 1. The van der Waals surface area contributed by atoms with E-state index in [1.165, 1.54) is 65.5 Å². The van der Waals surface area contributed by atoms with E-state index < -0.39 is 27.5 Å². The molecule has 0 bridgehead atoms. The van der Waals surface area contributed by atoms with Crippen LogP contribution in [0, 0.1) is 13.8 Å². The number of rotatable bonds is 6. The summed E-state index contributed by atoms with van der Waals surface area (Å²) >= 11 is 0. The average molecular weight is 655 g/mol. The third kappa shape index (κ3) is 5.04. The topological polar surface area (TPSA) is 129 Å². The van der Waals surface area contributed by atoms with Gasteiger partial charge >= 0.3 is 6.18 Å². The standard InChI is InChI=1S/C34H25F3N6O3S/c1-19-7-11-24(12-8-19)47(45,46)43-30-14-9-21(25-5-3-4-6-27(25)34(35,36)37)15-22(30)16-31(43)32(44)26-18-39-42(33(26)38)23-10-13-28-29(17-23)41-20(2)40-28/h3-18H,38H2,1-2H3,(H,40,41). The minimum atomic E-state index is -4.62. The molecule has 236 valence electrons. The predicted molar refractivity (Wildman–Crippen MR) is 172 cm³/mol. The van der Waals surface area contributed by atoms with Crippen LogP contribution in [-0.2, 0) is 16.2 Å². The summed E-state index contributed by atoms with van der Waals surface area (Å²) in [7, 11) is -4.38. The molecule has 7 rings (SSSR count). The fourth-order valence-electron chi connectivity index (χ4n) is 5.70. The molecule has 3 N–H and O–H groups in total. The minimum absolute atomic E-state index is 0.0362.